The Balaban J connectivity index is 1.64. The van der Waals surface area contributed by atoms with Crippen LogP contribution in [0, 0.1) is 5.82 Å². The highest BCUT2D eigenvalue weighted by molar-refractivity contribution is 5.93. The van der Waals surface area contributed by atoms with E-state index in [2.05, 4.69) is 22.3 Å². The van der Waals surface area contributed by atoms with Crippen molar-refractivity contribution in [3.63, 3.8) is 0 Å². The first-order chi connectivity index (χ1) is 11.2. The molecule has 0 spiro atoms. The Hall–Kier alpha value is -2.21. The van der Waals surface area contributed by atoms with E-state index in [0.29, 0.717) is 18.2 Å². The van der Waals surface area contributed by atoms with Crippen LogP contribution in [-0.4, -0.2) is 41.6 Å². The van der Waals surface area contributed by atoms with Crippen molar-refractivity contribution in [3.05, 3.63) is 41.8 Å². The fraction of sp³-hybridized carbons (Fsp3) is 0.412. The average molecular weight is 317 g/mol. The van der Waals surface area contributed by atoms with E-state index in [4.69, 9.17) is 4.52 Å². The molecule has 1 fully saturated rings. The number of likely N-dealkylation sites (tertiary alicyclic amines) is 1. The van der Waals surface area contributed by atoms with E-state index < -0.39 is 5.82 Å². The molecule has 5 nitrogen and oxygen atoms in total. The monoisotopic (exact) mass is 317 g/mol. The number of rotatable bonds is 5. The quantitative estimate of drug-likeness (QED) is 0.921. The summed E-state index contributed by atoms with van der Waals surface area (Å²) >= 11 is 0. The number of halogens is 1. The molecule has 0 saturated carbocycles. The standard InChI is InChI=1S/C17H20FN3O2/c1-2-21-9-5-6-12(21)11-19-17(22)15-10-16(23-20-15)13-7-3-4-8-14(13)18/h3-4,7-8,10,12H,2,5-6,9,11H2,1H3,(H,19,22). The van der Waals surface area contributed by atoms with Crippen LogP contribution < -0.4 is 5.32 Å². The molecule has 1 unspecified atom stereocenters. The molecule has 1 aromatic heterocycles. The summed E-state index contributed by atoms with van der Waals surface area (Å²) in [6.07, 6.45) is 2.25. The van der Waals surface area contributed by atoms with Gasteiger partial charge in [-0.3, -0.25) is 9.69 Å². The zero-order valence-corrected chi connectivity index (χ0v) is 13.1. The number of carbonyl (C=O) groups excluding carboxylic acids is 1. The molecular formula is C17H20FN3O2. The first-order valence-corrected chi connectivity index (χ1v) is 7.93. The Kier molecular flexibility index (Phi) is 4.71. The number of hydrogen-bond donors (Lipinski definition) is 1. The van der Waals surface area contributed by atoms with Crippen molar-refractivity contribution >= 4 is 5.91 Å². The zero-order chi connectivity index (χ0) is 16.2. The van der Waals surface area contributed by atoms with Gasteiger partial charge in [0.25, 0.3) is 5.91 Å². The summed E-state index contributed by atoms with van der Waals surface area (Å²) in [5.41, 5.74) is 0.469. The second-order valence-electron chi connectivity index (χ2n) is 5.69. The molecule has 1 aliphatic rings. The van der Waals surface area contributed by atoms with Gasteiger partial charge in [0.2, 0.25) is 0 Å². The maximum Gasteiger partial charge on any atom is 0.273 e. The topological polar surface area (TPSA) is 58.4 Å². The largest absolute Gasteiger partial charge is 0.355 e. The minimum absolute atomic E-state index is 0.171. The van der Waals surface area contributed by atoms with Crippen LogP contribution in [0.5, 0.6) is 0 Å². The summed E-state index contributed by atoms with van der Waals surface area (Å²) in [5.74, 6) is -0.441. The summed E-state index contributed by atoms with van der Waals surface area (Å²) in [5, 5.41) is 6.64. The number of benzene rings is 1. The lowest BCUT2D eigenvalue weighted by Crippen LogP contribution is -2.40. The highest BCUT2D eigenvalue weighted by Gasteiger charge is 2.24. The van der Waals surface area contributed by atoms with Gasteiger partial charge in [0.05, 0.1) is 5.56 Å². The van der Waals surface area contributed by atoms with E-state index >= 15 is 0 Å². The lowest BCUT2D eigenvalue weighted by atomic mass is 10.1. The summed E-state index contributed by atoms with van der Waals surface area (Å²) in [7, 11) is 0. The second kappa shape index (κ2) is 6.91. The first-order valence-electron chi connectivity index (χ1n) is 7.93. The highest BCUT2D eigenvalue weighted by Crippen LogP contribution is 2.23. The van der Waals surface area contributed by atoms with Gasteiger partial charge in [0, 0.05) is 18.7 Å². The molecule has 0 aliphatic carbocycles. The summed E-state index contributed by atoms with van der Waals surface area (Å²) in [6.45, 7) is 4.79. The fourth-order valence-electron chi connectivity index (χ4n) is 3.01. The van der Waals surface area contributed by atoms with Crippen LogP contribution in [0.15, 0.2) is 34.9 Å². The predicted octanol–water partition coefficient (Wildman–Crippen LogP) is 2.69. The third-order valence-electron chi connectivity index (χ3n) is 4.29. The van der Waals surface area contributed by atoms with Crippen LogP contribution in [0.3, 0.4) is 0 Å². The van der Waals surface area contributed by atoms with Crippen LogP contribution in [0.25, 0.3) is 11.3 Å². The van der Waals surface area contributed by atoms with E-state index in [9.17, 15) is 9.18 Å². The molecule has 0 bridgehead atoms. The van der Waals surface area contributed by atoms with E-state index in [1.807, 2.05) is 0 Å². The van der Waals surface area contributed by atoms with Crippen molar-refractivity contribution in [3.8, 4) is 11.3 Å². The lowest BCUT2D eigenvalue weighted by Gasteiger charge is -2.22. The van der Waals surface area contributed by atoms with Crippen LogP contribution in [0.4, 0.5) is 4.39 Å². The van der Waals surface area contributed by atoms with Crippen LogP contribution in [0.1, 0.15) is 30.3 Å². The lowest BCUT2D eigenvalue weighted by molar-refractivity contribution is 0.0932. The summed E-state index contributed by atoms with van der Waals surface area (Å²) in [4.78, 5) is 14.5. The number of aromatic nitrogens is 1. The molecule has 1 N–H and O–H groups in total. The first kappa shape index (κ1) is 15.7. The van der Waals surface area contributed by atoms with Gasteiger partial charge in [-0.05, 0) is 38.1 Å². The Morgan fingerprint density at radius 2 is 2.30 bits per heavy atom. The normalized spacial score (nSPS) is 18.3. The smallest absolute Gasteiger partial charge is 0.273 e. The third kappa shape index (κ3) is 3.42. The molecule has 1 saturated heterocycles. The zero-order valence-electron chi connectivity index (χ0n) is 13.1. The Morgan fingerprint density at radius 1 is 1.48 bits per heavy atom. The molecule has 6 heteroatoms. The van der Waals surface area contributed by atoms with Gasteiger partial charge < -0.3 is 9.84 Å². The highest BCUT2D eigenvalue weighted by atomic mass is 19.1. The molecule has 23 heavy (non-hydrogen) atoms. The predicted molar refractivity (Wildman–Crippen MR) is 84.5 cm³/mol. The maximum absolute atomic E-state index is 13.7. The Labute approximate surface area is 134 Å². The van der Waals surface area contributed by atoms with Crippen LogP contribution >= 0.6 is 0 Å². The minimum atomic E-state index is -0.403. The van der Waals surface area contributed by atoms with Crippen molar-refractivity contribution < 1.29 is 13.7 Å². The van der Waals surface area contributed by atoms with Gasteiger partial charge in [-0.15, -0.1) is 0 Å². The van der Waals surface area contributed by atoms with Gasteiger partial charge >= 0.3 is 0 Å². The molecule has 2 heterocycles. The van der Waals surface area contributed by atoms with Crippen molar-refractivity contribution in [2.75, 3.05) is 19.6 Å². The summed E-state index contributed by atoms with van der Waals surface area (Å²) < 4.78 is 18.8. The van der Waals surface area contributed by atoms with E-state index in [0.717, 1.165) is 25.9 Å². The van der Waals surface area contributed by atoms with Crippen molar-refractivity contribution in [2.45, 2.75) is 25.8 Å². The number of carbonyl (C=O) groups is 1. The van der Waals surface area contributed by atoms with E-state index in [-0.39, 0.29) is 17.4 Å². The van der Waals surface area contributed by atoms with E-state index in [1.165, 1.54) is 12.1 Å². The average Bonchev–Trinajstić information content (AvgIpc) is 3.22. The van der Waals surface area contributed by atoms with Crippen LogP contribution in [-0.2, 0) is 0 Å². The van der Waals surface area contributed by atoms with Gasteiger partial charge in [0.1, 0.15) is 5.82 Å². The SMILES string of the molecule is CCN1CCCC1CNC(=O)c1cc(-c2ccccc2F)on1. The van der Waals surface area contributed by atoms with Crippen molar-refractivity contribution in [2.24, 2.45) is 0 Å². The Morgan fingerprint density at radius 3 is 3.09 bits per heavy atom. The van der Waals surface area contributed by atoms with Gasteiger partial charge in [-0.25, -0.2) is 4.39 Å². The van der Waals surface area contributed by atoms with Crippen molar-refractivity contribution in [1.82, 2.24) is 15.4 Å². The molecule has 122 valence electrons. The number of nitrogens with one attached hydrogen (secondary N) is 1. The van der Waals surface area contributed by atoms with E-state index in [1.54, 1.807) is 18.2 Å². The maximum atomic E-state index is 13.7. The molecule has 3 rings (SSSR count). The minimum Gasteiger partial charge on any atom is -0.355 e. The van der Waals surface area contributed by atoms with Crippen LogP contribution in [0.2, 0.25) is 0 Å². The molecule has 1 aliphatic heterocycles. The molecule has 0 radical (unpaired) electrons. The number of nitrogens with zero attached hydrogens (tertiary/aromatic N) is 2. The molecular weight excluding hydrogens is 297 g/mol. The van der Waals surface area contributed by atoms with Crippen molar-refractivity contribution in [1.29, 1.82) is 0 Å². The Bertz CT molecular complexity index is 686. The van der Waals surface area contributed by atoms with Gasteiger partial charge in [-0.1, -0.05) is 24.2 Å². The fourth-order valence-corrected chi connectivity index (χ4v) is 3.01. The second-order valence-corrected chi connectivity index (χ2v) is 5.69. The number of likely N-dealkylation sites (N-methyl/N-ethyl adjacent to an activating group) is 1. The molecule has 1 aromatic carbocycles. The molecule has 1 atom stereocenters. The number of hydrogen-bond acceptors (Lipinski definition) is 4. The third-order valence-corrected chi connectivity index (χ3v) is 4.29. The molecule has 1 amide bonds. The van der Waals surface area contributed by atoms with Gasteiger partial charge in [0.15, 0.2) is 11.5 Å². The van der Waals surface area contributed by atoms with Gasteiger partial charge in [-0.2, -0.15) is 0 Å². The molecule has 2 aromatic rings. The number of amides is 1. The summed E-state index contributed by atoms with van der Waals surface area (Å²) in [6, 6.07) is 8.10.